The largest absolute Gasteiger partial charge is 0.368 e. The van der Waals surface area contributed by atoms with Gasteiger partial charge in [-0.25, -0.2) is 0 Å². The van der Waals surface area contributed by atoms with Gasteiger partial charge in [-0.3, -0.25) is 4.79 Å². The highest BCUT2D eigenvalue weighted by Gasteiger charge is 2.22. The van der Waals surface area contributed by atoms with Gasteiger partial charge >= 0.3 is 0 Å². The van der Waals surface area contributed by atoms with Crippen molar-refractivity contribution in [2.24, 2.45) is 0 Å². The molecule has 0 unspecified atom stereocenters. The smallest absolute Gasteiger partial charge is 0.248 e. The number of amides is 1. The molecule has 1 aliphatic carbocycles. The summed E-state index contributed by atoms with van der Waals surface area (Å²) in [6, 6.07) is 3.98. The number of rotatable bonds is 4. The van der Waals surface area contributed by atoms with Crippen molar-refractivity contribution in [1.82, 2.24) is 15.1 Å². The van der Waals surface area contributed by atoms with Crippen molar-refractivity contribution in [3.05, 3.63) is 17.8 Å². The summed E-state index contributed by atoms with van der Waals surface area (Å²) in [4.78, 5) is 16.5. The minimum Gasteiger partial charge on any atom is -0.368 e. The van der Waals surface area contributed by atoms with E-state index in [-0.39, 0.29) is 12.5 Å². The van der Waals surface area contributed by atoms with E-state index in [1.54, 1.807) is 0 Å². The van der Waals surface area contributed by atoms with Crippen LogP contribution in [0.3, 0.4) is 0 Å². The lowest BCUT2D eigenvalue weighted by atomic mass is 10.3. The van der Waals surface area contributed by atoms with Crippen molar-refractivity contribution in [2.45, 2.75) is 45.1 Å². The van der Waals surface area contributed by atoms with Crippen molar-refractivity contribution in [1.29, 1.82) is 0 Å². The molecule has 23 heavy (non-hydrogen) atoms. The number of aryl methyl sites for hydroxylation is 1. The van der Waals surface area contributed by atoms with Gasteiger partial charge in [0.25, 0.3) is 0 Å². The molecule has 2 heterocycles. The molecule has 2 aliphatic rings. The normalized spacial score (nSPS) is 19.9. The standard InChI is InChI=1S/C17H26N4O2/c1-14-7-8-16(19-18-14)20-9-4-10-21(12-11-20)17(22)13-23-15-5-2-3-6-15/h7-8,15H,2-6,9-13H2,1H3. The number of anilines is 1. The third kappa shape index (κ3) is 4.41. The highest BCUT2D eigenvalue weighted by Crippen LogP contribution is 2.21. The molecule has 1 amide bonds. The Labute approximate surface area is 137 Å². The molecule has 6 heteroatoms. The first kappa shape index (κ1) is 16.2. The predicted octanol–water partition coefficient (Wildman–Crippen LogP) is 1.78. The Kier molecular flexibility index (Phi) is 5.43. The predicted molar refractivity (Wildman–Crippen MR) is 88.4 cm³/mol. The van der Waals surface area contributed by atoms with Crippen LogP contribution >= 0.6 is 0 Å². The molecule has 3 rings (SSSR count). The van der Waals surface area contributed by atoms with Crippen molar-refractivity contribution in [3.8, 4) is 0 Å². The molecule has 1 aliphatic heterocycles. The molecule has 0 bridgehead atoms. The second kappa shape index (κ2) is 7.73. The van der Waals surface area contributed by atoms with Crippen LogP contribution in [-0.2, 0) is 9.53 Å². The highest BCUT2D eigenvalue weighted by atomic mass is 16.5. The lowest BCUT2D eigenvalue weighted by molar-refractivity contribution is -0.137. The molecule has 2 fully saturated rings. The van der Waals surface area contributed by atoms with Crippen LogP contribution in [0.25, 0.3) is 0 Å². The van der Waals surface area contributed by atoms with E-state index in [2.05, 4.69) is 15.1 Å². The summed E-state index contributed by atoms with van der Waals surface area (Å²) in [5.41, 5.74) is 0.921. The van der Waals surface area contributed by atoms with Gasteiger partial charge in [-0.15, -0.1) is 5.10 Å². The molecule has 0 atom stereocenters. The first-order chi connectivity index (χ1) is 11.2. The third-order valence-corrected chi connectivity index (χ3v) is 4.70. The summed E-state index contributed by atoms with van der Waals surface area (Å²) in [6.07, 6.45) is 5.92. The number of nitrogens with zero attached hydrogens (tertiary/aromatic N) is 4. The quantitative estimate of drug-likeness (QED) is 0.847. The second-order valence-corrected chi connectivity index (χ2v) is 6.47. The van der Waals surface area contributed by atoms with Crippen LogP contribution in [-0.4, -0.2) is 59.9 Å². The van der Waals surface area contributed by atoms with Gasteiger partial charge in [0, 0.05) is 26.2 Å². The van der Waals surface area contributed by atoms with Crippen LogP contribution in [0.4, 0.5) is 5.82 Å². The van der Waals surface area contributed by atoms with Gasteiger partial charge < -0.3 is 14.5 Å². The van der Waals surface area contributed by atoms with E-state index in [1.165, 1.54) is 12.8 Å². The summed E-state index contributed by atoms with van der Waals surface area (Å²) in [6.45, 7) is 5.39. The maximum Gasteiger partial charge on any atom is 0.248 e. The van der Waals surface area contributed by atoms with Gasteiger partial charge in [-0.2, -0.15) is 5.10 Å². The SMILES string of the molecule is Cc1ccc(N2CCCN(C(=O)COC3CCCC3)CC2)nn1. The number of hydrogen-bond acceptors (Lipinski definition) is 5. The summed E-state index contributed by atoms with van der Waals surface area (Å²) in [5, 5.41) is 8.37. The van der Waals surface area contributed by atoms with Crippen LogP contribution in [0.5, 0.6) is 0 Å². The lowest BCUT2D eigenvalue weighted by Crippen LogP contribution is -2.38. The molecule has 0 aromatic carbocycles. The topological polar surface area (TPSA) is 58.6 Å². The van der Waals surface area contributed by atoms with Crippen molar-refractivity contribution < 1.29 is 9.53 Å². The Balaban J connectivity index is 1.49. The molecule has 0 spiro atoms. The molecule has 1 saturated heterocycles. The van der Waals surface area contributed by atoms with Crippen LogP contribution in [0.15, 0.2) is 12.1 Å². The van der Waals surface area contributed by atoms with Gasteiger partial charge in [0.2, 0.25) is 5.91 Å². The second-order valence-electron chi connectivity index (χ2n) is 6.47. The van der Waals surface area contributed by atoms with Crippen molar-refractivity contribution in [2.75, 3.05) is 37.7 Å². The van der Waals surface area contributed by atoms with Gasteiger partial charge in [0.1, 0.15) is 6.61 Å². The molecular formula is C17H26N4O2. The van der Waals surface area contributed by atoms with Gasteiger partial charge in [0.05, 0.1) is 11.8 Å². The Morgan fingerprint density at radius 1 is 1.13 bits per heavy atom. The maximum atomic E-state index is 12.3. The fraction of sp³-hybridized carbons (Fsp3) is 0.706. The van der Waals surface area contributed by atoms with E-state index in [0.29, 0.717) is 6.10 Å². The maximum absolute atomic E-state index is 12.3. The average molecular weight is 318 g/mol. The molecule has 1 aromatic heterocycles. The summed E-state index contributed by atoms with van der Waals surface area (Å²) < 4.78 is 5.76. The van der Waals surface area contributed by atoms with Crippen molar-refractivity contribution >= 4 is 11.7 Å². The van der Waals surface area contributed by atoms with Crippen molar-refractivity contribution in [3.63, 3.8) is 0 Å². The van der Waals surface area contributed by atoms with Gasteiger partial charge in [0.15, 0.2) is 5.82 Å². The van der Waals surface area contributed by atoms with Crippen LogP contribution in [0, 0.1) is 6.92 Å². The zero-order valence-electron chi connectivity index (χ0n) is 13.9. The summed E-state index contributed by atoms with van der Waals surface area (Å²) in [7, 11) is 0. The monoisotopic (exact) mass is 318 g/mol. The lowest BCUT2D eigenvalue weighted by Gasteiger charge is -2.23. The van der Waals surface area contributed by atoms with E-state index in [4.69, 9.17) is 4.74 Å². The Bertz CT molecular complexity index is 514. The number of hydrogen-bond donors (Lipinski definition) is 0. The van der Waals surface area contributed by atoms with Crippen LogP contribution in [0.1, 0.15) is 37.8 Å². The Morgan fingerprint density at radius 3 is 2.70 bits per heavy atom. The fourth-order valence-corrected chi connectivity index (χ4v) is 3.29. The number of carbonyl (C=O) groups is 1. The zero-order chi connectivity index (χ0) is 16.1. The molecule has 1 aromatic rings. The molecule has 6 nitrogen and oxygen atoms in total. The molecular weight excluding hydrogens is 292 g/mol. The minimum absolute atomic E-state index is 0.119. The van der Waals surface area contributed by atoms with Crippen LogP contribution < -0.4 is 4.90 Å². The molecule has 0 radical (unpaired) electrons. The number of ether oxygens (including phenoxy) is 1. The molecule has 126 valence electrons. The molecule has 1 saturated carbocycles. The van der Waals surface area contributed by atoms with Gasteiger partial charge in [-0.1, -0.05) is 12.8 Å². The first-order valence-corrected chi connectivity index (χ1v) is 8.67. The highest BCUT2D eigenvalue weighted by molar-refractivity contribution is 5.77. The van der Waals surface area contributed by atoms with E-state index in [9.17, 15) is 4.79 Å². The average Bonchev–Trinajstić information content (AvgIpc) is 2.96. The Morgan fingerprint density at radius 2 is 1.96 bits per heavy atom. The van der Waals surface area contributed by atoms with E-state index >= 15 is 0 Å². The van der Waals surface area contributed by atoms with E-state index in [1.807, 2.05) is 24.0 Å². The summed E-state index contributed by atoms with van der Waals surface area (Å²) in [5.74, 6) is 1.01. The van der Waals surface area contributed by atoms with Crippen LogP contribution in [0.2, 0.25) is 0 Å². The summed E-state index contributed by atoms with van der Waals surface area (Å²) >= 11 is 0. The molecule has 0 N–H and O–H groups in total. The number of aromatic nitrogens is 2. The Hall–Kier alpha value is -1.69. The first-order valence-electron chi connectivity index (χ1n) is 8.67. The fourth-order valence-electron chi connectivity index (χ4n) is 3.29. The number of carbonyl (C=O) groups excluding carboxylic acids is 1. The third-order valence-electron chi connectivity index (χ3n) is 4.70. The van der Waals surface area contributed by atoms with Gasteiger partial charge in [-0.05, 0) is 38.3 Å². The van der Waals surface area contributed by atoms with E-state index < -0.39 is 0 Å². The zero-order valence-corrected chi connectivity index (χ0v) is 13.9. The minimum atomic E-state index is 0.119. The van der Waals surface area contributed by atoms with E-state index in [0.717, 1.165) is 57.0 Å².